The summed E-state index contributed by atoms with van der Waals surface area (Å²) in [5, 5.41) is 12.4. The minimum atomic E-state index is -0.887. The molecule has 2 saturated heterocycles. The normalized spacial score (nSPS) is 21.8. The highest BCUT2D eigenvalue weighted by atomic mass is 16.4. The lowest BCUT2D eigenvalue weighted by molar-refractivity contribution is -0.144. The van der Waals surface area contributed by atoms with Gasteiger partial charge in [-0.2, -0.15) is 0 Å². The monoisotopic (exact) mass is 383 g/mol. The molecule has 7 heteroatoms. The van der Waals surface area contributed by atoms with Gasteiger partial charge in [0, 0.05) is 31.6 Å². The van der Waals surface area contributed by atoms with Gasteiger partial charge in [0.2, 0.25) is 11.8 Å². The van der Waals surface area contributed by atoms with Crippen LogP contribution in [0.4, 0.5) is 0 Å². The van der Waals surface area contributed by atoms with Gasteiger partial charge in [-0.1, -0.05) is 17.7 Å². The maximum Gasteiger partial charge on any atom is 0.309 e. The van der Waals surface area contributed by atoms with Gasteiger partial charge in [-0.05, 0) is 38.8 Å². The van der Waals surface area contributed by atoms with Crippen molar-refractivity contribution in [2.24, 2.45) is 5.92 Å². The van der Waals surface area contributed by atoms with Crippen molar-refractivity contribution < 1.29 is 19.1 Å². The quantitative estimate of drug-likeness (QED) is 0.842. The van der Waals surface area contributed by atoms with Gasteiger partial charge in [0.25, 0.3) is 0 Å². The maximum absolute atomic E-state index is 11.8. The molecule has 1 amide bonds. The first-order valence-corrected chi connectivity index (χ1v) is 9.66. The van der Waals surface area contributed by atoms with Crippen LogP contribution >= 0.6 is 0 Å². The summed E-state index contributed by atoms with van der Waals surface area (Å²) in [5.41, 5.74) is 2.41. The molecule has 148 valence electrons. The molecule has 3 heterocycles. The summed E-state index contributed by atoms with van der Waals surface area (Å²) in [6, 6.07) is 8.06. The number of aryl methyl sites for hydroxylation is 2. The number of likely N-dealkylation sites (tertiary alicyclic amines) is 1. The van der Waals surface area contributed by atoms with E-state index in [0.717, 1.165) is 35.7 Å². The Labute approximate surface area is 163 Å². The van der Waals surface area contributed by atoms with Crippen LogP contribution in [0.3, 0.4) is 0 Å². The Kier molecular flexibility index (Phi) is 4.71. The summed E-state index contributed by atoms with van der Waals surface area (Å²) >= 11 is 0. The van der Waals surface area contributed by atoms with E-state index in [1.165, 1.54) is 0 Å². The van der Waals surface area contributed by atoms with Gasteiger partial charge in [-0.3, -0.25) is 14.5 Å². The summed E-state index contributed by atoms with van der Waals surface area (Å²) in [6.07, 6.45) is 1.35. The fraction of sp³-hybridized carbons (Fsp3) is 0.476. The molecule has 1 aromatic heterocycles. The molecule has 2 aliphatic rings. The third-order valence-electron chi connectivity index (χ3n) is 6.02. The average molecular weight is 383 g/mol. The smallest absolute Gasteiger partial charge is 0.309 e. The molecule has 1 atom stereocenters. The summed E-state index contributed by atoms with van der Waals surface area (Å²) in [4.78, 5) is 30.3. The van der Waals surface area contributed by atoms with Crippen LogP contribution in [-0.2, 0) is 16.1 Å². The molecule has 1 aromatic carbocycles. The predicted molar refractivity (Wildman–Crippen MR) is 103 cm³/mol. The molecular weight excluding hydrogens is 358 g/mol. The van der Waals surface area contributed by atoms with E-state index in [1.807, 2.05) is 32.0 Å². The van der Waals surface area contributed by atoms with E-state index in [9.17, 15) is 14.7 Å². The number of hydrogen-bond donors (Lipinski definition) is 2. The first-order chi connectivity index (χ1) is 13.4. The van der Waals surface area contributed by atoms with Gasteiger partial charge in [-0.25, -0.2) is 4.98 Å². The third-order valence-corrected chi connectivity index (χ3v) is 6.02. The lowest BCUT2D eigenvalue weighted by atomic mass is 9.77. The second kappa shape index (κ2) is 7.05. The number of oxazole rings is 1. The number of aliphatic carboxylic acids is 1. The number of hydrogen-bond acceptors (Lipinski definition) is 5. The van der Waals surface area contributed by atoms with Crippen LogP contribution in [0, 0.1) is 19.8 Å². The molecule has 2 N–H and O–H groups in total. The number of aromatic nitrogens is 1. The molecule has 0 bridgehead atoms. The van der Waals surface area contributed by atoms with E-state index in [0.29, 0.717) is 25.3 Å². The predicted octanol–water partition coefficient (Wildman–Crippen LogP) is 2.51. The van der Waals surface area contributed by atoms with Gasteiger partial charge < -0.3 is 14.8 Å². The van der Waals surface area contributed by atoms with Crippen LogP contribution in [-0.4, -0.2) is 45.5 Å². The second-order valence-corrected chi connectivity index (χ2v) is 7.97. The Morgan fingerprint density at radius 2 is 2.11 bits per heavy atom. The van der Waals surface area contributed by atoms with Crippen LogP contribution in [0.15, 0.2) is 28.7 Å². The Bertz CT molecular complexity index is 912. The van der Waals surface area contributed by atoms with Gasteiger partial charge in [0.1, 0.15) is 5.76 Å². The number of carbonyl (C=O) groups excluding carboxylic acids is 1. The summed E-state index contributed by atoms with van der Waals surface area (Å²) in [6.45, 7) is 6.05. The van der Waals surface area contributed by atoms with Crippen molar-refractivity contribution in [3.8, 4) is 11.5 Å². The zero-order chi connectivity index (χ0) is 19.9. The molecule has 28 heavy (non-hydrogen) atoms. The number of piperidine rings is 1. The number of nitrogens with one attached hydrogen (secondary N) is 1. The molecule has 0 radical (unpaired) electrons. The van der Waals surface area contributed by atoms with E-state index in [2.05, 4.69) is 21.3 Å². The van der Waals surface area contributed by atoms with Crippen molar-refractivity contribution in [3.05, 3.63) is 41.3 Å². The van der Waals surface area contributed by atoms with Crippen LogP contribution in [0.5, 0.6) is 0 Å². The zero-order valence-corrected chi connectivity index (χ0v) is 16.2. The molecular formula is C21H25N3O4. The molecule has 0 saturated carbocycles. The number of amides is 1. The Morgan fingerprint density at radius 3 is 2.79 bits per heavy atom. The number of benzene rings is 1. The molecule has 0 aliphatic carbocycles. The van der Waals surface area contributed by atoms with E-state index in [4.69, 9.17) is 4.42 Å². The largest absolute Gasteiger partial charge is 0.481 e. The topological polar surface area (TPSA) is 95.7 Å². The molecule has 2 aliphatic heterocycles. The zero-order valence-electron chi connectivity index (χ0n) is 16.2. The summed E-state index contributed by atoms with van der Waals surface area (Å²) in [5.74, 6) is -0.255. The second-order valence-electron chi connectivity index (χ2n) is 7.97. The molecule has 2 aromatic rings. The number of rotatable bonds is 4. The number of carbonyl (C=O) groups is 2. The van der Waals surface area contributed by atoms with E-state index in [-0.39, 0.29) is 12.3 Å². The number of carboxylic acid groups (broad SMARTS) is 1. The summed E-state index contributed by atoms with van der Waals surface area (Å²) in [7, 11) is 0. The molecule has 1 spiro atoms. The first kappa shape index (κ1) is 18.7. The fourth-order valence-corrected chi connectivity index (χ4v) is 4.39. The molecule has 7 nitrogen and oxygen atoms in total. The Balaban J connectivity index is 1.44. The molecule has 1 unspecified atom stereocenters. The average Bonchev–Trinajstić information content (AvgIpc) is 3.17. The minimum absolute atomic E-state index is 0.0809. The first-order valence-electron chi connectivity index (χ1n) is 9.66. The Morgan fingerprint density at radius 1 is 1.36 bits per heavy atom. The van der Waals surface area contributed by atoms with E-state index in [1.54, 1.807) is 0 Å². The third kappa shape index (κ3) is 3.42. The van der Waals surface area contributed by atoms with Crippen molar-refractivity contribution in [1.29, 1.82) is 0 Å². The van der Waals surface area contributed by atoms with Crippen LogP contribution in [0.1, 0.15) is 36.3 Å². The highest BCUT2D eigenvalue weighted by Crippen LogP contribution is 2.37. The van der Waals surface area contributed by atoms with Gasteiger partial charge in [-0.15, -0.1) is 0 Å². The number of nitrogens with zero attached hydrogens (tertiary/aromatic N) is 2. The standard InChI is InChI=1S/C21H25N3O4/c1-13-4-3-5-15(10-13)19-22-17(14(2)28-19)12-24-8-6-21(7-9-24)16(20(26)27)11-18(25)23-21/h3-5,10,16H,6-9,11-12H2,1-2H3,(H,23,25)(H,26,27). The van der Waals surface area contributed by atoms with Crippen LogP contribution in [0.2, 0.25) is 0 Å². The van der Waals surface area contributed by atoms with Crippen LogP contribution < -0.4 is 5.32 Å². The van der Waals surface area contributed by atoms with Gasteiger partial charge in [0.15, 0.2) is 0 Å². The lowest BCUT2D eigenvalue weighted by Gasteiger charge is -2.41. The maximum atomic E-state index is 11.8. The van der Waals surface area contributed by atoms with Crippen molar-refractivity contribution in [2.45, 2.75) is 45.2 Å². The van der Waals surface area contributed by atoms with Crippen molar-refractivity contribution in [1.82, 2.24) is 15.2 Å². The van der Waals surface area contributed by atoms with Gasteiger partial charge in [0.05, 0.1) is 17.2 Å². The van der Waals surface area contributed by atoms with Crippen molar-refractivity contribution in [2.75, 3.05) is 13.1 Å². The molecule has 4 rings (SSSR count). The lowest BCUT2D eigenvalue weighted by Crippen LogP contribution is -2.55. The molecule has 2 fully saturated rings. The summed E-state index contributed by atoms with van der Waals surface area (Å²) < 4.78 is 5.88. The van der Waals surface area contributed by atoms with Crippen molar-refractivity contribution in [3.63, 3.8) is 0 Å². The van der Waals surface area contributed by atoms with Crippen LogP contribution in [0.25, 0.3) is 11.5 Å². The van der Waals surface area contributed by atoms with Gasteiger partial charge >= 0.3 is 5.97 Å². The minimum Gasteiger partial charge on any atom is -0.481 e. The fourth-order valence-electron chi connectivity index (χ4n) is 4.39. The SMILES string of the molecule is Cc1cccc(-c2nc(CN3CCC4(CC3)NC(=O)CC4C(=O)O)c(C)o2)c1. The number of carboxylic acids is 1. The highest BCUT2D eigenvalue weighted by molar-refractivity contribution is 5.88. The van der Waals surface area contributed by atoms with E-state index < -0.39 is 17.4 Å². The Hall–Kier alpha value is -2.67. The highest BCUT2D eigenvalue weighted by Gasteiger charge is 2.51. The van der Waals surface area contributed by atoms with Crippen molar-refractivity contribution >= 4 is 11.9 Å². The van der Waals surface area contributed by atoms with E-state index >= 15 is 0 Å².